The topological polar surface area (TPSA) is 0 Å². The molecule has 0 aromatic heterocycles. The zero-order valence-corrected chi connectivity index (χ0v) is 17.9. The molecule has 0 aromatic rings. The van der Waals surface area contributed by atoms with Gasteiger partial charge in [0.25, 0.3) is 0 Å². The van der Waals surface area contributed by atoms with Gasteiger partial charge in [-0.15, -0.1) is 0 Å². The molecule has 0 nitrogen and oxygen atoms in total. The van der Waals surface area contributed by atoms with Crippen LogP contribution in [0.3, 0.4) is 0 Å². The van der Waals surface area contributed by atoms with E-state index in [0.717, 1.165) is 0 Å². The van der Waals surface area contributed by atoms with Crippen molar-refractivity contribution < 1.29 is 0 Å². The first kappa shape index (κ1) is 21.5. The molecule has 0 unspecified atom stereocenters. The van der Waals surface area contributed by atoms with Crippen LogP contribution < -0.4 is 0 Å². The van der Waals surface area contributed by atoms with Crippen molar-refractivity contribution in [1.82, 2.24) is 0 Å². The zero-order chi connectivity index (χ0) is 15.8. The summed E-state index contributed by atoms with van der Waals surface area (Å²) in [6.07, 6.45) is 22.2. The van der Waals surface area contributed by atoms with Crippen LogP contribution in [0.4, 0.5) is 0 Å². The SMILES string of the molecule is CCCCCCCCCCCCCCCC[CH2][Ge]([CH3])([CH3])[CH3]. The fraction of sp³-hybridized carbons (Fsp3) is 1.00. The molecule has 0 atom stereocenters. The van der Waals surface area contributed by atoms with Gasteiger partial charge in [0, 0.05) is 0 Å². The first-order valence-corrected chi connectivity index (χ1v) is 17.8. The molecule has 0 rings (SSSR count). The Morgan fingerprint density at radius 1 is 0.429 bits per heavy atom. The fourth-order valence-corrected chi connectivity index (χ4v) is 5.78. The van der Waals surface area contributed by atoms with Gasteiger partial charge in [0.1, 0.15) is 0 Å². The molecule has 128 valence electrons. The predicted molar refractivity (Wildman–Crippen MR) is 103 cm³/mol. The maximum atomic E-state index is 2.55. The second-order valence-electron chi connectivity index (χ2n) is 8.26. The molecule has 0 bridgehead atoms. The summed E-state index contributed by atoms with van der Waals surface area (Å²) in [7, 11) is 0. The van der Waals surface area contributed by atoms with Gasteiger partial charge in [0.15, 0.2) is 0 Å². The second-order valence-corrected chi connectivity index (χ2v) is 20.1. The standard InChI is InChI=1S/C20H44Ge/c1-5-6-7-8-9-10-11-12-13-14-15-16-17-18-19-20-21(2,3)4/h5-20H2,1-4H3. The predicted octanol–water partition coefficient (Wildman–Crippen LogP) is 8.20. The van der Waals surface area contributed by atoms with Crippen molar-refractivity contribution in [3.05, 3.63) is 0 Å². The minimum absolute atomic E-state index is 1.22. The van der Waals surface area contributed by atoms with Crippen molar-refractivity contribution in [2.45, 2.75) is 126 Å². The maximum absolute atomic E-state index is 2.55. The van der Waals surface area contributed by atoms with Crippen LogP contribution in [0.2, 0.25) is 22.5 Å². The summed E-state index contributed by atoms with van der Waals surface area (Å²) in [5, 5.41) is 1.58. The van der Waals surface area contributed by atoms with E-state index >= 15 is 0 Å². The van der Waals surface area contributed by atoms with Crippen LogP contribution in [0.15, 0.2) is 0 Å². The van der Waals surface area contributed by atoms with Gasteiger partial charge in [0.05, 0.1) is 0 Å². The average Bonchev–Trinajstić information content (AvgIpc) is 2.42. The summed E-state index contributed by atoms with van der Waals surface area (Å²) < 4.78 is 0. The van der Waals surface area contributed by atoms with E-state index < -0.39 is 13.3 Å². The Kier molecular flexibility index (Phi) is 15.8. The van der Waals surface area contributed by atoms with Crippen LogP contribution in [0, 0.1) is 0 Å². The van der Waals surface area contributed by atoms with E-state index in [4.69, 9.17) is 0 Å². The molecule has 0 fully saturated rings. The van der Waals surface area contributed by atoms with Gasteiger partial charge < -0.3 is 0 Å². The average molecular weight is 357 g/mol. The van der Waals surface area contributed by atoms with E-state index in [2.05, 4.69) is 24.2 Å². The van der Waals surface area contributed by atoms with Crippen LogP contribution in [-0.4, -0.2) is 13.3 Å². The van der Waals surface area contributed by atoms with Gasteiger partial charge in [-0.2, -0.15) is 0 Å². The van der Waals surface area contributed by atoms with E-state index in [9.17, 15) is 0 Å². The van der Waals surface area contributed by atoms with Crippen molar-refractivity contribution >= 4 is 13.3 Å². The molecule has 0 N–H and O–H groups in total. The normalized spacial score (nSPS) is 12.0. The van der Waals surface area contributed by atoms with E-state index in [-0.39, 0.29) is 0 Å². The number of hydrogen-bond acceptors (Lipinski definition) is 0. The Morgan fingerprint density at radius 3 is 1.00 bits per heavy atom. The van der Waals surface area contributed by atoms with Gasteiger partial charge >= 0.3 is 106 Å². The van der Waals surface area contributed by atoms with Crippen molar-refractivity contribution in [3.8, 4) is 0 Å². The van der Waals surface area contributed by atoms with E-state index in [1.54, 1.807) is 5.25 Å². The van der Waals surface area contributed by atoms with E-state index in [1.165, 1.54) is 96.3 Å². The molecule has 0 spiro atoms. The third-order valence-corrected chi connectivity index (χ3v) is 8.42. The molecule has 0 heterocycles. The molecule has 0 aromatic carbocycles. The number of unbranched alkanes of at least 4 members (excludes halogenated alkanes) is 14. The van der Waals surface area contributed by atoms with E-state index in [1.807, 2.05) is 0 Å². The molecule has 0 radical (unpaired) electrons. The third-order valence-electron chi connectivity index (χ3n) is 4.53. The summed E-state index contributed by atoms with van der Waals surface area (Å²) in [4.78, 5) is 0. The molecule has 0 amide bonds. The van der Waals surface area contributed by atoms with Crippen molar-refractivity contribution in [2.24, 2.45) is 0 Å². The Labute approximate surface area is 139 Å². The van der Waals surface area contributed by atoms with Crippen LogP contribution in [0.5, 0.6) is 0 Å². The Balaban J connectivity index is 3.00. The number of hydrogen-bond donors (Lipinski definition) is 0. The Hall–Kier alpha value is 0.543. The summed E-state index contributed by atoms with van der Waals surface area (Å²) in [6.45, 7) is 2.30. The number of rotatable bonds is 16. The Bertz CT molecular complexity index is 193. The molecule has 0 aliphatic carbocycles. The third kappa shape index (κ3) is 20.5. The summed E-state index contributed by atoms with van der Waals surface area (Å²) in [5.41, 5.74) is 0. The Morgan fingerprint density at radius 2 is 0.714 bits per heavy atom. The molecule has 0 saturated heterocycles. The first-order valence-electron chi connectivity index (χ1n) is 10.1. The fourth-order valence-electron chi connectivity index (χ4n) is 3.03. The van der Waals surface area contributed by atoms with Gasteiger partial charge in [-0.1, -0.05) is 32.6 Å². The molecule has 0 saturated carbocycles. The summed E-state index contributed by atoms with van der Waals surface area (Å²) in [5.74, 6) is 7.64. The van der Waals surface area contributed by atoms with Crippen LogP contribution >= 0.6 is 0 Å². The second kappa shape index (κ2) is 15.4. The van der Waals surface area contributed by atoms with Crippen molar-refractivity contribution in [2.75, 3.05) is 0 Å². The van der Waals surface area contributed by atoms with Crippen LogP contribution in [-0.2, 0) is 0 Å². The van der Waals surface area contributed by atoms with E-state index in [0.29, 0.717) is 0 Å². The zero-order valence-electron chi connectivity index (χ0n) is 15.8. The molecule has 1 heteroatoms. The minimum atomic E-state index is -1.22. The van der Waals surface area contributed by atoms with Crippen molar-refractivity contribution in [1.29, 1.82) is 0 Å². The van der Waals surface area contributed by atoms with Crippen LogP contribution in [0.1, 0.15) is 103 Å². The molecular formula is C20H44Ge. The molecule has 0 aliphatic rings. The molecular weight excluding hydrogens is 313 g/mol. The molecule has 0 aliphatic heterocycles. The van der Waals surface area contributed by atoms with Crippen LogP contribution in [0.25, 0.3) is 0 Å². The monoisotopic (exact) mass is 358 g/mol. The quantitative estimate of drug-likeness (QED) is 0.193. The van der Waals surface area contributed by atoms with Gasteiger partial charge in [0.2, 0.25) is 0 Å². The van der Waals surface area contributed by atoms with Gasteiger partial charge in [-0.25, -0.2) is 0 Å². The van der Waals surface area contributed by atoms with Gasteiger partial charge in [-0.05, 0) is 0 Å². The summed E-state index contributed by atoms with van der Waals surface area (Å²) in [6, 6.07) is 0. The first-order chi connectivity index (χ1) is 10.1. The summed E-state index contributed by atoms with van der Waals surface area (Å²) >= 11 is -1.22. The van der Waals surface area contributed by atoms with Gasteiger partial charge in [-0.3, -0.25) is 0 Å². The van der Waals surface area contributed by atoms with Crippen molar-refractivity contribution in [3.63, 3.8) is 0 Å². The molecule has 21 heavy (non-hydrogen) atoms.